The summed E-state index contributed by atoms with van der Waals surface area (Å²) in [6, 6.07) is 26.0. The molecule has 0 saturated heterocycles. The van der Waals surface area contributed by atoms with Crippen molar-refractivity contribution in [3.05, 3.63) is 96.1 Å². The number of carbonyl (C=O) groups is 1. The number of benzene rings is 3. The Hall–Kier alpha value is -3.33. The van der Waals surface area contributed by atoms with Crippen LogP contribution < -0.4 is 5.32 Å². The lowest BCUT2D eigenvalue weighted by Gasteiger charge is -2.21. The van der Waals surface area contributed by atoms with E-state index in [1.54, 1.807) is 0 Å². The molecule has 0 aromatic heterocycles. The van der Waals surface area contributed by atoms with E-state index >= 15 is 0 Å². The van der Waals surface area contributed by atoms with Crippen LogP contribution in [0.15, 0.2) is 84.9 Å². The van der Waals surface area contributed by atoms with Gasteiger partial charge in [-0.05, 0) is 49.6 Å². The summed E-state index contributed by atoms with van der Waals surface area (Å²) in [5, 5.41) is 3.37. The van der Waals surface area contributed by atoms with E-state index in [1.165, 1.54) is 0 Å². The van der Waals surface area contributed by atoms with E-state index < -0.39 is 5.60 Å². The second-order valence-corrected chi connectivity index (χ2v) is 7.82. The first-order chi connectivity index (χ1) is 13.9. The number of carbonyl (C=O) groups excluding carboxylic acids is 1. The Kier molecular flexibility index (Phi) is 6.50. The second kappa shape index (κ2) is 9.24. The van der Waals surface area contributed by atoms with Gasteiger partial charge < -0.3 is 10.1 Å². The molecule has 3 aromatic rings. The molecule has 0 saturated carbocycles. The van der Waals surface area contributed by atoms with E-state index in [0.717, 1.165) is 22.4 Å². The predicted molar refractivity (Wildman–Crippen MR) is 121 cm³/mol. The van der Waals surface area contributed by atoms with Gasteiger partial charge in [-0.15, -0.1) is 0 Å². The van der Waals surface area contributed by atoms with Crippen molar-refractivity contribution >= 4 is 17.7 Å². The van der Waals surface area contributed by atoms with Crippen molar-refractivity contribution in [1.82, 2.24) is 0 Å². The zero-order valence-electron chi connectivity index (χ0n) is 17.2. The summed E-state index contributed by atoms with van der Waals surface area (Å²) in [4.78, 5) is 12.7. The Bertz CT molecular complexity index is 971. The van der Waals surface area contributed by atoms with Crippen LogP contribution in [0.5, 0.6) is 0 Å². The van der Waals surface area contributed by atoms with Crippen LogP contribution in [0.4, 0.5) is 5.69 Å². The van der Waals surface area contributed by atoms with Gasteiger partial charge in [-0.2, -0.15) is 0 Å². The molecule has 3 heteroatoms. The van der Waals surface area contributed by atoms with Gasteiger partial charge in [-0.3, -0.25) is 0 Å². The molecule has 3 rings (SSSR count). The van der Waals surface area contributed by atoms with Crippen LogP contribution in [0, 0.1) is 0 Å². The average Bonchev–Trinajstić information content (AvgIpc) is 2.71. The quantitative estimate of drug-likeness (QED) is 0.497. The molecule has 3 nitrogen and oxygen atoms in total. The Balaban J connectivity index is 1.84. The fraction of sp³-hybridized carbons (Fsp3) is 0.192. The summed E-state index contributed by atoms with van der Waals surface area (Å²) in [6.07, 6.45) is 4.10. The highest BCUT2D eigenvalue weighted by atomic mass is 16.6. The molecule has 0 heterocycles. The largest absolute Gasteiger partial charge is 0.456 e. The van der Waals surface area contributed by atoms with E-state index in [2.05, 4.69) is 35.7 Å². The van der Waals surface area contributed by atoms with Gasteiger partial charge in [0.1, 0.15) is 5.60 Å². The van der Waals surface area contributed by atoms with Gasteiger partial charge in [0, 0.05) is 12.2 Å². The van der Waals surface area contributed by atoms with Crippen LogP contribution in [-0.2, 0) is 4.74 Å². The first-order valence-corrected chi connectivity index (χ1v) is 9.81. The van der Waals surface area contributed by atoms with Gasteiger partial charge in [0.2, 0.25) is 0 Å². The summed E-state index contributed by atoms with van der Waals surface area (Å²) in [5.41, 5.74) is 4.05. The van der Waals surface area contributed by atoms with Gasteiger partial charge in [0.05, 0.1) is 5.56 Å². The number of anilines is 1. The SMILES string of the molecule is CC(C)(C)OC(=O)c1ccc(-c2ccccc2)cc1NCC=Cc1ccccc1. The third kappa shape index (κ3) is 6.08. The van der Waals surface area contributed by atoms with E-state index in [9.17, 15) is 4.79 Å². The summed E-state index contributed by atoms with van der Waals surface area (Å²) in [5.74, 6) is -0.327. The zero-order valence-corrected chi connectivity index (χ0v) is 17.2. The fourth-order valence-electron chi connectivity index (χ4n) is 2.94. The van der Waals surface area contributed by atoms with Gasteiger partial charge in [0.25, 0.3) is 0 Å². The molecular formula is C26H27NO2. The Morgan fingerprint density at radius 2 is 1.55 bits per heavy atom. The molecule has 0 unspecified atom stereocenters. The maximum Gasteiger partial charge on any atom is 0.340 e. The first-order valence-electron chi connectivity index (χ1n) is 9.81. The van der Waals surface area contributed by atoms with Crippen molar-refractivity contribution in [1.29, 1.82) is 0 Å². The molecule has 3 aromatic carbocycles. The molecule has 0 fully saturated rings. The highest BCUT2D eigenvalue weighted by molar-refractivity contribution is 5.97. The Morgan fingerprint density at radius 1 is 0.897 bits per heavy atom. The van der Waals surface area contributed by atoms with E-state index in [0.29, 0.717) is 12.1 Å². The second-order valence-electron chi connectivity index (χ2n) is 7.82. The molecule has 0 bridgehead atoms. The lowest BCUT2D eigenvalue weighted by Crippen LogP contribution is -2.24. The summed E-state index contributed by atoms with van der Waals surface area (Å²) < 4.78 is 5.59. The molecule has 0 radical (unpaired) electrons. The molecule has 0 spiro atoms. The van der Waals surface area contributed by atoms with Gasteiger partial charge in [-0.1, -0.05) is 78.9 Å². The van der Waals surface area contributed by atoms with Crippen LogP contribution >= 0.6 is 0 Å². The molecule has 29 heavy (non-hydrogen) atoms. The van der Waals surface area contributed by atoms with Crippen LogP contribution in [0.1, 0.15) is 36.7 Å². The molecule has 0 aliphatic heterocycles. The third-order valence-electron chi connectivity index (χ3n) is 4.27. The lowest BCUT2D eigenvalue weighted by atomic mass is 10.0. The average molecular weight is 386 g/mol. The van der Waals surface area contributed by atoms with Gasteiger partial charge in [-0.25, -0.2) is 4.79 Å². The topological polar surface area (TPSA) is 38.3 Å². The van der Waals surface area contributed by atoms with Crippen molar-refractivity contribution in [2.75, 3.05) is 11.9 Å². The first kappa shape index (κ1) is 20.4. The Labute approximate surface area is 173 Å². The minimum absolute atomic E-state index is 0.327. The normalized spacial score (nSPS) is 11.4. The lowest BCUT2D eigenvalue weighted by molar-refractivity contribution is 0.00707. The number of esters is 1. The van der Waals surface area contributed by atoms with Crippen LogP contribution in [-0.4, -0.2) is 18.1 Å². The van der Waals surface area contributed by atoms with E-state index in [4.69, 9.17) is 4.74 Å². The molecule has 0 aliphatic carbocycles. The van der Waals surface area contributed by atoms with Gasteiger partial charge >= 0.3 is 5.97 Å². The van der Waals surface area contributed by atoms with E-state index in [1.807, 2.05) is 81.4 Å². The molecule has 0 atom stereocenters. The van der Waals surface area contributed by atoms with Crippen molar-refractivity contribution in [3.8, 4) is 11.1 Å². The van der Waals surface area contributed by atoms with Crippen LogP contribution in [0.25, 0.3) is 17.2 Å². The van der Waals surface area contributed by atoms with Crippen molar-refractivity contribution in [3.63, 3.8) is 0 Å². The maximum atomic E-state index is 12.7. The number of hydrogen-bond acceptors (Lipinski definition) is 3. The maximum absolute atomic E-state index is 12.7. The summed E-state index contributed by atoms with van der Waals surface area (Å²) in [7, 11) is 0. The summed E-state index contributed by atoms with van der Waals surface area (Å²) in [6.45, 7) is 6.22. The molecule has 0 aliphatic rings. The molecule has 1 N–H and O–H groups in total. The summed E-state index contributed by atoms with van der Waals surface area (Å²) >= 11 is 0. The molecule has 0 amide bonds. The minimum atomic E-state index is -0.542. The minimum Gasteiger partial charge on any atom is -0.456 e. The third-order valence-corrected chi connectivity index (χ3v) is 4.27. The van der Waals surface area contributed by atoms with Crippen LogP contribution in [0.2, 0.25) is 0 Å². The number of nitrogens with one attached hydrogen (secondary N) is 1. The smallest absolute Gasteiger partial charge is 0.340 e. The van der Waals surface area contributed by atoms with Crippen molar-refractivity contribution < 1.29 is 9.53 Å². The van der Waals surface area contributed by atoms with Crippen molar-refractivity contribution in [2.24, 2.45) is 0 Å². The van der Waals surface area contributed by atoms with Crippen molar-refractivity contribution in [2.45, 2.75) is 26.4 Å². The zero-order chi connectivity index (χ0) is 20.7. The monoisotopic (exact) mass is 385 g/mol. The highest BCUT2D eigenvalue weighted by Crippen LogP contribution is 2.27. The fourth-order valence-corrected chi connectivity index (χ4v) is 2.94. The predicted octanol–water partition coefficient (Wildman–Crippen LogP) is 6.43. The number of hydrogen-bond donors (Lipinski definition) is 1. The molecule has 148 valence electrons. The van der Waals surface area contributed by atoms with Crippen LogP contribution in [0.3, 0.4) is 0 Å². The highest BCUT2D eigenvalue weighted by Gasteiger charge is 2.20. The number of rotatable bonds is 6. The molecular weight excluding hydrogens is 358 g/mol. The van der Waals surface area contributed by atoms with Gasteiger partial charge in [0.15, 0.2) is 0 Å². The number of ether oxygens (including phenoxy) is 1. The Morgan fingerprint density at radius 3 is 2.21 bits per heavy atom. The standard InChI is InChI=1S/C26H27NO2/c1-26(2,3)29-25(28)23-17-16-22(21-14-8-5-9-15-21)19-24(23)27-18-10-13-20-11-6-4-7-12-20/h4-17,19,27H,18H2,1-3H3. The van der Waals surface area contributed by atoms with E-state index in [-0.39, 0.29) is 5.97 Å².